The Hall–Kier alpha value is -1.23. The molecule has 0 saturated carbocycles. The van der Waals surface area contributed by atoms with E-state index >= 15 is 0 Å². The number of hydrogen-bond acceptors (Lipinski definition) is 4. The molecule has 0 aliphatic carbocycles. The lowest BCUT2D eigenvalue weighted by Gasteiger charge is -2.35. The van der Waals surface area contributed by atoms with Crippen LogP contribution in [0.5, 0.6) is 0 Å². The van der Waals surface area contributed by atoms with Crippen molar-refractivity contribution in [3.63, 3.8) is 0 Å². The number of aryl methyl sites for hydroxylation is 1. The highest BCUT2D eigenvalue weighted by molar-refractivity contribution is 7.10. The Labute approximate surface area is 118 Å². The molecule has 1 N–H and O–H groups in total. The van der Waals surface area contributed by atoms with Crippen LogP contribution >= 0.6 is 11.3 Å². The van der Waals surface area contributed by atoms with Crippen molar-refractivity contribution in [3.8, 4) is 0 Å². The van der Waals surface area contributed by atoms with Crippen molar-refractivity contribution < 1.29 is 0 Å². The van der Waals surface area contributed by atoms with Crippen LogP contribution in [0.3, 0.4) is 0 Å². The molecule has 0 spiro atoms. The maximum absolute atomic E-state index is 4.30. The fraction of sp³-hybridized carbons (Fsp3) is 0.400. The molecule has 3 nitrogen and oxygen atoms in total. The summed E-state index contributed by atoms with van der Waals surface area (Å²) in [5.41, 5.74) is 2.69. The average Bonchev–Trinajstić information content (AvgIpc) is 2.88. The molecular formula is C15H19N3S. The first-order valence-corrected chi connectivity index (χ1v) is 7.63. The van der Waals surface area contributed by atoms with Gasteiger partial charge in [0.25, 0.3) is 0 Å². The van der Waals surface area contributed by atoms with Crippen LogP contribution in [-0.4, -0.2) is 36.1 Å². The van der Waals surface area contributed by atoms with Gasteiger partial charge in [-0.15, -0.1) is 11.3 Å². The van der Waals surface area contributed by atoms with Gasteiger partial charge in [0, 0.05) is 43.4 Å². The highest BCUT2D eigenvalue weighted by Crippen LogP contribution is 2.34. The fourth-order valence-electron chi connectivity index (χ4n) is 2.67. The predicted molar refractivity (Wildman–Crippen MR) is 79.6 cm³/mol. The third-order valence-electron chi connectivity index (χ3n) is 3.67. The van der Waals surface area contributed by atoms with Gasteiger partial charge < -0.3 is 5.32 Å². The van der Waals surface area contributed by atoms with E-state index in [1.165, 1.54) is 16.0 Å². The van der Waals surface area contributed by atoms with Crippen molar-refractivity contribution >= 4 is 11.3 Å². The molecule has 19 heavy (non-hydrogen) atoms. The van der Waals surface area contributed by atoms with Crippen LogP contribution < -0.4 is 5.32 Å². The molecule has 3 heterocycles. The number of nitrogens with zero attached hydrogens (tertiary/aromatic N) is 2. The normalized spacial score (nSPS) is 18.4. The lowest BCUT2D eigenvalue weighted by Crippen LogP contribution is -2.45. The third-order valence-corrected chi connectivity index (χ3v) is 4.74. The number of hydrogen-bond donors (Lipinski definition) is 1. The summed E-state index contributed by atoms with van der Waals surface area (Å²) < 4.78 is 0. The standard InChI is InChI=1S/C15H19N3S/c1-12-4-10-19-15(12)14(13-3-2-5-17-11-13)18-8-6-16-7-9-18/h2-5,10-11,14,16H,6-9H2,1H3. The highest BCUT2D eigenvalue weighted by Gasteiger charge is 2.25. The Morgan fingerprint density at radius 3 is 2.79 bits per heavy atom. The van der Waals surface area contributed by atoms with E-state index in [9.17, 15) is 0 Å². The first-order valence-electron chi connectivity index (χ1n) is 6.75. The smallest absolute Gasteiger partial charge is 0.0714 e. The lowest BCUT2D eigenvalue weighted by molar-refractivity contribution is 0.200. The minimum atomic E-state index is 0.357. The van der Waals surface area contributed by atoms with Gasteiger partial charge in [-0.1, -0.05) is 6.07 Å². The minimum Gasteiger partial charge on any atom is -0.314 e. The second-order valence-electron chi connectivity index (χ2n) is 4.94. The molecule has 1 aliphatic heterocycles. The molecule has 1 unspecified atom stereocenters. The van der Waals surface area contributed by atoms with Gasteiger partial charge in [-0.2, -0.15) is 0 Å². The highest BCUT2D eigenvalue weighted by atomic mass is 32.1. The van der Waals surface area contributed by atoms with Crippen LogP contribution in [0.25, 0.3) is 0 Å². The first-order chi connectivity index (χ1) is 9.36. The molecule has 2 aromatic rings. The number of nitrogens with one attached hydrogen (secondary N) is 1. The van der Waals surface area contributed by atoms with E-state index < -0.39 is 0 Å². The van der Waals surface area contributed by atoms with Gasteiger partial charge in [0.05, 0.1) is 6.04 Å². The van der Waals surface area contributed by atoms with Crippen LogP contribution in [-0.2, 0) is 0 Å². The van der Waals surface area contributed by atoms with Gasteiger partial charge in [0.1, 0.15) is 0 Å². The summed E-state index contributed by atoms with van der Waals surface area (Å²) in [6.07, 6.45) is 3.85. The van der Waals surface area contributed by atoms with Gasteiger partial charge in [-0.25, -0.2) is 0 Å². The van der Waals surface area contributed by atoms with E-state index in [1.54, 1.807) is 0 Å². The average molecular weight is 273 g/mol. The number of thiophene rings is 1. The quantitative estimate of drug-likeness (QED) is 0.931. The summed E-state index contributed by atoms with van der Waals surface area (Å²) >= 11 is 1.86. The molecule has 1 saturated heterocycles. The molecule has 4 heteroatoms. The van der Waals surface area contributed by atoms with Gasteiger partial charge in [-0.3, -0.25) is 9.88 Å². The summed E-state index contributed by atoms with van der Waals surface area (Å²) in [6, 6.07) is 6.80. The summed E-state index contributed by atoms with van der Waals surface area (Å²) in [5.74, 6) is 0. The van der Waals surface area contributed by atoms with E-state index in [1.807, 2.05) is 29.8 Å². The van der Waals surface area contributed by atoms with Gasteiger partial charge >= 0.3 is 0 Å². The number of rotatable bonds is 3. The van der Waals surface area contributed by atoms with E-state index in [0.717, 1.165) is 26.2 Å². The van der Waals surface area contributed by atoms with Crippen molar-refractivity contribution in [1.29, 1.82) is 0 Å². The largest absolute Gasteiger partial charge is 0.314 e. The summed E-state index contributed by atoms with van der Waals surface area (Å²) in [4.78, 5) is 8.32. The molecular weight excluding hydrogens is 254 g/mol. The molecule has 100 valence electrons. The number of pyridine rings is 1. The Morgan fingerprint density at radius 1 is 1.32 bits per heavy atom. The molecule has 3 rings (SSSR count). The molecule has 1 aliphatic rings. The second kappa shape index (κ2) is 5.82. The van der Waals surface area contributed by atoms with Crippen molar-refractivity contribution in [3.05, 3.63) is 52.0 Å². The Morgan fingerprint density at radius 2 is 2.16 bits per heavy atom. The molecule has 0 bridgehead atoms. The molecule has 0 amide bonds. The zero-order valence-corrected chi connectivity index (χ0v) is 12.0. The van der Waals surface area contributed by atoms with E-state index in [2.05, 4.69) is 39.6 Å². The van der Waals surface area contributed by atoms with Gasteiger partial charge in [0.2, 0.25) is 0 Å². The van der Waals surface area contributed by atoms with Crippen molar-refractivity contribution in [2.45, 2.75) is 13.0 Å². The SMILES string of the molecule is Cc1ccsc1C(c1cccnc1)N1CCNCC1. The zero-order chi connectivity index (χ0) is 13.1. The monoisotopic (exact) mass is 273 g/mol. The topological polar surface area (TPSA) is 28.2 Å². The minimum absolute atomic E-state index is 0.357. The van der Waals surface area contributed by atoms with E-state index in [4.69, 9.17) is 0 Å². The van der Waals surface area contributed by atoms with Crippen LogP contribution in [0.15, 0.2) is 36.0 Å². The third kappa shape index (κ3) is 2.71. The Bertz CT molecular complexity index is 517. The van der Waals surface area contributed by atoms with Crippen LogP contribution in [0.4, 0.5) is 0 Å². The maximum atomic E-state index is 4.30. The van der Waals surface area contributed by atoms with Gasteiger partial charge in [0.15, 0.2) is 0 Å². The fourth-order valence-corrected chi connectivity index (χ4v) is 3.76. The first kappa shape index (κ1) is 12.8. The maximum Gasteiger partial charge on any atom is 0.0714 e. The van der Waals surface area contributed by atoms with Crippen molar-refractivity contribution in [2.24, 2.45) is 0 Å². The number of aromatic nitrogens is 1. The van der Waals surface area contributed by atoms with Crippen LogP contribution in [0, 0.1) is 6.92 Å². The molecule has 1 fully saturated rings. The second-order valence-corrected chi connectivity index (χ2v) is 5.89. The summed E-state index contributed by atoms with van der Waals surface area (Å²) in [7, 11) is 0. The van der Waals surface area contributed by atoms with Gasteiger partial charge in [-0.05, 0) is 35.6 Å². The molecule has 2 aromatic heterocycles. The van der Waals surface area contributed by atoms with Crippen molar-refractivity contribution in [2.75, 3.05) is 26.2 Å². The summed E-state index contributed by atoms with van der Waals surface area (Å²) in [5, 5.41) is 5.62. The van der Waals surface area contributed by atoms with Crippen LogP contribution in [0.2, 0.25) is 0 Å². The van der Waals surface area contributed by atoms with Crippen molar-refractivity contribution in [1.82, 2.24) is 15.2 Å². The lowest BCUT2D eigenvalue weighted by atomic mass is 10.0. The van der Waals surface area contributed by atoms with E-state index in [-0.39, 0.29) is 0 Å². The summed E-state index contributed by atoms with van der Waals surface area (Å²) in [6.45, 7) is 6.54. The Kier molecular flexibility index (Phi) is 3.92. The molecule has 0 aromatic carbocycles. The predicted octanol–water partition coefficient (Wildman–Crippen LogP) is 2.45. The van der Waals surface area contributed by atoms with E-state index in [0.29, 0.717) is 6.04 Å². The molecule has 0 radical (unpaired) electrons. The molecule has 1 atom stereocenters. The number of piperazine rings is 1. The zero-order valence-electron chi connectivity index (χ0n) is 11.2. The Balaban J connectivity index is 1.98. The van der Waals surface area contributed by atoms with Crippen LogP contribution in [0.1, 0.15) is 22.0 Å².